The van der Waals surface area contributed by atoms with Crippen molar-refractivity contribution in [2.24, 2.45) is 0 Å². The molecule has 2 amide bonds. The Hall–Kier alpha value is -3.32. The van der Waals surface area contributed by atoms with E-state index in [1.807, 2.05) is 31.2 Å². The Morgan fingerprint density at radius 3 is 2.47 bits per heavy atom. The normalized spacial score (nSPS) is 19.3. The number of carbonyl (C=O) groups excluding carboxylic acids is 2. The number of hydrogen-bond acceptors (Lipinski definition) is 5. The number of nitrogens with one attached hydrogen (secondary N) is 1. The second kappa shape index (κ2) is 10.3. The molecule has 0 saturated carbocycles. The number of rotatable bonds is 6. The summed E-state index contributed by atoms with van der Waals surface area (Å²) in [4.78, 5) is 32.4. The summed E-state index contributed by atoms with van der Waals surface area (Å²) in [6.45, 7) is 10.2. The topological polar surface area (TPSA) is 65.1 Å². The van der Waals surface area contributed by atoms with E-state index in [4.69, 9.17) is 4.74 Å². The predicted molar refractivity (Wildman–Crippen MR) is 134 cm³/mol. The number of urea groups is 1. The van der Waals surface area contributed by atoms with Crippen molar-refractivity contribution in [2.75, 3.05) is 51.3 Å². The molecule has 0 radical (unpaired) electrons. The lowest BCUT2D eigenvalue weighted by molar-refractivity contribution is -0.139. The number of piperazine rings is 1. The molecule has 1 N–H and O–H groups in total. The van der Waals surface area contributed by atoms with E-state index in [9.17, 15) is 9.59 Å². The molecule has 0 aromatic heterocycles. The van der Waals surface area contributed by atoms with E-state index in [1.165, 1.54) is 11.3 Å². The van der Waals surface area contributed by atoms with Gasteiger partial charge in [-0.1, -0.05) is 48.0 Å². The van der Waals surface area contributed by atoms with Crippen LogP contribution in [-0.2, 0) is 9.53 Å². The monoisotopic (exact) mass is 462 g/mol. The maximum atomic E-state index is 13.2. The standard InChI is InChI=1S/C27H34N4O3/c1-5-34-26(32)24-23(29(4)27(33)28-25(24)21-11-8-9-19(2)17-21)18-30-13-15-31(16-14-30)22-12-7-6-10-20(22)3/h6-12,17,25H,5,13-16,18H2,1-4H3,(H,28,33). The van der Waals surface area contributed by atoms with E-state index in [2.05, 4.69) is 46.3 Å². The summed E-state index contributed by atoms with van der Waals surface area (Å²) in [6.07, 6.45) is 0. The van der Waals surface area contributed by atoms with Crippen molar-refractivity contribution in [3.8, 4) is 0 Å². The van der Waals surface area contributed by atoms with Gasteiger partial charge in [0.15, 0.2) is 0 Å². The molecule has 2 aliphatic heterocycles. The molecule has 1 saturated heterocycles. The summed E-state index contributed by atoms with van der Waals surface area (Å²) in [5.74, 6) is -0.380. The van der Waals surface area contributed by atoms with Crippen LogP contribution in [0.5, 0.6) is 0 Å². The Morgan fingerprint density at radius 1 is 1.06 bits per heavy atom. The van der Waals surface area contributed by atoms with Crippen molar-refractivity contribution < 1.29 is 14.3 Å². The minimum Gasteiger partial charge on any atom is -0.463 e. The highest BCUT2D eigenvalue weighted by atomic mass is 16.5. The van der Waals surface area contributed by atoms with Crippen LogP contribution in [0.4, 0.5) is 10.5 Å². The van der Waals surface area contributed by atoms with Crippen LogP contribution >= 0.6 is 0 Å². The number of carbonyl (C=O) groups is 2. The molecule has 2 aromatic carbocycles. The second-order valence-electron chi connectivity index (χ2n) is 8.99. The van der Waals surface area contributed by atoms with Gasteiger partial charge in [-0.05, 0) is 38.0 Å². The van der Waals surface area contributed by atoms with Gasteiger partial charge in [0.2, 0.25) is 0 Å². The van der Waals surface area contributed by atoms with E-state index in [1.54, 1.807) is 18.9 Å². The Bertz CT molecular complexity index is 1090. The molecule has 0 bridgehead atoms. The van der Waals surface area contributed by atoms with Crippen molar-refractivity contribution in [1.29, 1.82) is 0 Å². The number of amides is 2. The SMILES string of the molecule is CCOC(=O)C1=C(CN2CCN(c3ccccc3C)CC2)N(C)C(=O)NC1c1cccc(C)c1. The fraction of sp³-hybridized carbons (Fsp3) is 0.407. The van der Waals surface area contributed by atoms with Gasteiger partial charge in [-0.3, -0.25) is 9.80 Å². The van der Waals surface area contributed by atoms with E-state index in [-0.39, 0.29) is 18.6 Å². The molecule has 7 nitrogen and oxygen atoms in total. The highest BCUT2D eigenvalue weighted by Crippen LogP contribution is 2.32. The molecule has 0 aliphatic carbocycles. The van der Waals surface area contributed by atoms with Crippen LogP contribution in [0, 0.1) is 13.8 Å². The lowest BCUT2D eigenvalue weighted by Gasteiger charge is -2.40. The minimum atomic E-state index is -0.536. The molecule has 7 heteroatoms. The van der Waals surface area contributed by atoms with E-state index in [0.717, 1.165) is 37.3 Å². The van der Waals surface area contributed by atoms with Gasteiger partial charge in [-0.15, -0.1) is 0 Å². The van der Waals surface area contributed by atoms with Gasteiger partial charge in [0.25, 0.3) is 0 Å². The van der Waals surface area contributed by atoms with Crippen LogP contribution in [0.15, 0.2) is 59.8 Å². The summed E-state index contributed by atoms with van der Waals surface area (Å²) >= 11 is 0. The zero-order chi connectivity index (χ0) is 24.2. The Balaban J connectivity index is 1.61. The third kappa shape index (κ3) is 4.94. The summed E-state index contributed by atoms with van der Waals surface area (Å²) in [6, 6.07) is 15.6. The number of aryl methyl sites for hydroxylation is 2. The number of likely N-dealkylation sites (N-methyl/N-ethyl adjacent to an activating group) is 1. The van der Waals surface area contributed by atoms with Crippen LogP contribution in [0.2, 0.25) is 0 Å². The third-order valence-corrected chi connectivity index (χ3v) is 6.65. The second-order valence-corrected chi connectivity index (χ2v) is 8.99. The third-order valence-electron chi connectivity index (χ3n) is 6.65. The predicted octanol–water partition coefficient (Wildman–Crippen LogP) is 3.64. The maximum Gasteiger partial charge on any atom is 0.338 e. The average molecular weight is 463 g/mol. The van der Waals surface area contributed by atoms with Gasteiger partial charge in [-0.25, -0.2) is 9.59 Å². The number of ether oxygens (including phenoxy) is 1. The minimum absolute atomic E-state index is 0.215. The number of benzene rings is 2. The van der Waals surface area contributed by atoms with Crippen molar-refractivity contribution in [2.45, 2.75) is 26.8 Å². The van der Waals surface area contributed by atoms with Crippen LogP contribution in [0.25, 0.3) is 0 Å². The zero-order valence-electron chi connectivity index (χ0n) is 20.5. The van der Waals surface area contributed by atoms with Gasteiger partial charge in [0.05, 0.1) is 18.2 Å². The van der Waals surface area contributed by atoms with Gasteiger partial charge in [-0.2, -0.15) is 0 Å². The highest BCUT2D eigenvalue weighted by molar-refractivity contribution is 5.95. The van der Waals surface area contributed by atoms with Gasteiger partial charge >= 0.3 is 12.0 Å². The Morgan fingerprint density at radius 2 is 1.79 bits per heavy atom. The van der Waals surface area contributed by atoms with Crippen LogP contribution < -0.4 is 10.2 Å². The van der Waals surface area contributed by atoms with E-state index in [0.29, 0.717) is 17.8 Å². The first-order chi connectivity index (χ1) is 16.4. The molecule has 1 atom stereocenters. The average Bonchev–Trinajstić information content (AvgIpc) is 2.83. The molecule has 34 heavy (non-hydrogen) atoms. The molecule has 4 rings (SSSR count). The van der Waals surface area contributed by atoms with Crippen molar-refractivity contribution >= 4 is 17.7 Å². The van der Waals surface area contributed by atoms with E-state index >= 15 is 0 Å². The summed E-state index contributed by atoms with van der Waals surface area (Å²) in [5.41, 5.74) is 5.71. The Labute approximate surface area is 202 Å². The fourth-order valence-corrected chi connectivity index (χ4v) is 4.77. The number of hydrogen-bond donors (Lipinski definition) is 1. The van der Waals surface area contributed by atoms with Gasteiger partial charge in [0, 0.05) is 51.2 Å². The molecule has 2 aromatic rings. The first-order valence-corrected chi connectivity index (χ1v) is 11.9. The fourth-order valence-electron chi connectivity index (χ4n) is 4.77. The highest BCUT2D eigenvalue weighted by Gasteiger charge is 2.37. The van der Waals surface area contributed by atoms with Gasteiger partial charge < -0.3 is 15.0 Å². The molecule has 180 valence electrons. The van der Waals surface area contributed by atoms with Gasteiger partial charge in [0.1, 0.15) is 0 Å². The lowest BCUT2D eigenvalue weighted by Crippen LogP contribution is -2.52. The first-order valence-electron chi connectivity index (χ1n) is 11.9. The van der Waals surface area contributed by atoms with Crippen LogP contribution in [-0.4, -0.2) is 68.2 Å². The number of para-hydroxylation sites is 1. The number of anilines is 1. The first kappa shape index (κ1) is 23.8. The van der Waals surface area contributed by atoms with Crippen LogP contribution in [0.1, 0.15) is 29.7 Å². The maximum absolute atomic E-state index is 13.2. The molecule has 2 aliphatic rings. The molecule has 0 spiro atoms. The summed E-state index contributed by atoms with van der Waals surface area (Å²) in [5, 5.41) is 3.00. The molecule has 1 unspecified atom stereocenters. The molecule has 2 heterocycles. The molecular formula is C27H34N4O3. The van der Waals surface area contributed by atoms with Crippen LogP contribution in [0.3, 0.4) is 0 Å². The number of nitrogens with zero attached hydrogens (tertiary/aromatic N) is 3. The smallest absolute Gasteiger partial charge is 0.338 e. The summed E-state index contributed by atoms with van der Waals surface area (Å²) in [7, 11) is 1.72. The lowest BCUT2D eigenvalue weighted by atomic mass is 9.93. The zero-order valence-corrected chi connectivity index (χ0v) is 20.5. The summed E-state index contributed by atoms with van der Waals surface area (Å²) < 4.78 is 5.45. The van der Waals surface area contributed by atoms with E-state index < -0.39 is 6.04 Å². The Kier molecular flexibility index (Phi) is 7.22. The number of esters is 1. The van der Waals surface area contributed by atoms with Crippen molar-refractivity contribution in [3.05, 3.63) is 76.5 Å². The molecule has 1 fully saturated rings. The largest absolute Gasteiger partial charge is 0.463 e. The molecular weight excluding hydrogens is 428 g/mol. The van der Waals surface area contributed by atoms with Crippen molar-refractivity contribution in [3.63, 3.8) is 0 Å². The van der Waals surface area contributed by atoms with Crippen molar-refractivity contribution in [1.82, 2.24) is 15.1 Å². The quantitative estimate of drug-likeness (QED) is 0.664.